The summed E-state index contributed by atoms with van der Waals surface area (Å²) in [6, 6.07) is 14.5. The Morgan fingerprint density at radius 2 is 1.58 bits per heavy atom. The lowest BCUT2D eigenvalue weighted by Gasteiger charge is -2.25. The largest absolute Gasteiger partial charge is 0.457 e. The maximum absolute atomic E-state index is 12.6. The zero-order valence-corrected chi connectivity index (χ0v) is 14.6. The Hall–Kier alpha value is -2.87. The first-order valence-electron chi connectivity index (χ1n) is 8.13. The van der Waals surface area contributed by atoms with Crippen molar-refractivity contribution in [3.05, 3.63) is 54.6 Å². The second kappa shape index (κ2) is 6.14. The molecule has 0 aliphatic carbocycles. The standard InChI is InChI=1S/C18H16N2O5S/c21-17-16-10-11-26(23,24)12-19(16)18(22)20(17)13-6-8-15(9-7-13)25-14-4-2-1-3-5-14/h1-9,16H,10-12H2. The number of carbonyl (C=O) groups excluding carboxylic acids is 2. The van der Waals surface area contributed by atoms with E-state index in [-0.39, 0.29) is 18.1 Å². The predicted octanol–water partition coefficient (Wildman–Crippen LogP) is 2.39. The first-order chi connectivity index (χ1) is 12.4. The van der Waals surface area contributed by atoms with Gasteiger partial charge in [-0.3, -0.25) is 9.69 Å². The van der Waals surface area contributed by atoms with E-state index in [1.54, 1.807) is 24.3 Å². The van der Waals surface area contributed by atoms with Crippen molar-refractivity contribution in [2.75, 3.05) is 16.5 Å². The SMILES string of the molecule is O=C1C2CCS(=O)(=O)CN2C(=O)N1c1ccc(Oc2ccccc2)cc1. The number of sulfone groups is 1. The second-order valence-corrected chi connectivity index (χ2v) is 8.37. The average Bonchev–Trinajstić information content (AvgIpc) is 2.86. The molecule has 26 heavy (non-hydrogen) atoms. The van der Waals surface area contributed by atoms with Crippen LogP contribution in [0.25, 0.3) is 0 Å². The summed E-state index contributed by atoms with van der Waals surface area (Å²) in [4.78, 5) is 27.3. The van der Waals surface area contributed by atoms with Crippen LogP contribution in [0.4, 0.5) is 10.5 Å². The molecular formula is C18H16N2O5S. The Kier molecular flexibility index (Phi) is 3.91. The minimum atomic E-state index is -3.33. The number of carbonyl (C=O) groups is 2. The molecule has 3 amide bonds. The molecule has 1 atom stereocenters. The molecule has 4 rings (SSSR count). The van der Waals surface area contributed by atoms with Crippen molar-refractivity contribution in [1.29, 1.82) is 0 Å². The van der Waals surface area contributed by atoms with Crippen LogP contribution in [0.15, 0.2) is 54.6 Å². The van der Waals surface area contributed by atoms with Crippen molar-refractivity contribution in [2.45, 2.75) is 12.5 Å². The van der Waals surface area contributed by atoms with Crippen LogP contribution in [0.3, 0.4) is 0 Å². The molecule has 0 N–H and O–H groups in total. The molecule has 134 valence electrons. The highest BCUT2D eigenvalue weighted by Crippen LogP contribution is 2.31. The molecule has 0 aromatic heterocycles. The van der Waals surface area contributed by atoms with Gasteiger partial charge in [0.15, 0.2) is 9.84 Å². The number of anilines is 1. The highest BCUT2D eigenvalue weighted by Gasteiger charge is 2.49. The summed E-state index contributed by atoms with van der Waals surface area (Å²) >= 11 is 0. The van der Waals surface area contributed by atoms with E-state index in [1.807, 2.05) is 30.3 Å². The van der Waals surface area contributed by atoms with Crippen molar-refractivity contribution in [1.82, 2.24) is 4.90 Å². The number of rotatable bonds is 3. The van der Waals surface area contributed by atoms with Gasteiger partial charge in [-0.1, -0.05) is 18.2 Å². The molecule has 0 saturated carbocycles. The van der Waals surface area contributed by atoms with Crippen LogP contribution in [-0.4, -0.2) is 42.9 Å². The number of urea groups is 1. The average molecular weight is 372 g/mol. The van der Waals surface area contributed by atoms with Gasteiger partial charge in [0.2, 0.25) is 0 Å². The zero-order valence-electron chi connectivity index (χ0n) is 13.7. The lowest BCUT2D eigenvalue weighted by atomic mass is 10.2. The number of imide groups is 1. The monoisotopic (exact) mass is 372 g/mol. The number of benzene rings is 2. The van der Waals surface area contributed by atoms with Gasteiger partial charge in [-0.15, -0.1) is 0 Å². The summed E-state index contributed by atoms with van der Waals surface area (Å²) in [6.07, 6.45) is 0.138. The molecule has 0 bridgehead atoms. The van der Waals surface area contributed by atoms with Crippen molar-refractivity contribution < 1.29 is 22.7 Å². The van der Waals surface area contributed by atoms with E-state index >= 15 is 0 Å². The van der Waals surface area contributed by atoms with Crippen LogP contribution >= 0.6 is 0 Å². The quantitative estimate of drug-likeness (QED) is 0.773. The van der Waals surface area contributed by atoms with E-state index < -0.39 is 27.8 Å². The highest BCUT2D eigenvalue weighted by molar-refractivity contribution is 7.91. The molecule has 2 fully saturated rings. The number of amides is 3. The minimum Gasteiger partial charge on any atom is -0.457 e. The molecule has 2 aromatic rings. The van der Waals surface area contributed by atoms with E-state index in [1.165, 1.54) is 0 Å². The van der Waals surface area contributed by atoms with Crippen LogP contribution in [-0.2, 0) is 14.6 Å². The van der Waals surface area contributed by atoms with E-state index in [0.717, 1.165) is 9.80 Å². The highest BCUT2D eigenvalue weighted by atomic mass is 32.2. The molecule has 0 radical (unpaired) electrons. The molecule has 1 unspecified atom stereocenters. The normalized spacial score (nSPS) is 21.6. The van der Waals surface area contributed by atoms with Crippen molar-refractivity contribution in [3.63, 3.8) is 0 Å². The van der Waals surface area contributed by atoms with Gasteiger partial charge in [-0.2, -0.15) is 0 Å². The maximum atomic E-state index is 12.6. The Bertz CT molecular complexity index is 957. The lowest BCUT2D eigenvalue weighted by Crippen LogP contribution is -2.45. The van der Waals surface area contributed by atoms with Gasteiger partial charge in [-0.25, -0.2) is 18.1 Å². The van der Waals surface area contributed by atoms with Crippen molar-refractivity contribution in [2.24, 2.45) is 0 Å². The van der Waals surface area contributed by atoms with Crippen molar-refractivity contribution in [3.8, 4) is 11.5 Å². The van der Waals surface area contributed by atoms with Gasteiger partial charge in [0.1, 0.15) is 23.4 Å². The van der Waals surface area contributed by atoms with Gasteiger partial charge in [-0.05, 0) is 42.8 Å². The molecule has 2 saturated heterocycles. The third kappa shape index (κ3) is 2.92. The fourth-order valence-electron chi connectivity index (χ4n) is 3.16. The topological polar surface area (TPSA) is 84.0 Å². The molecule has 2 aromatic carbocycles. The van der Waals surface area contributed by atoms with Gasteiger partial charge >= 0.3 is 6.03 Å². The lowest BCUT2D eigenvalue weighted by molar-refractivity contribution is -0.119. The summed E-state index contributed by atoms with van der Waals surface area (Å²) < 4.78 is 29.2. The van der Waals surface area contributed by atoms with Crippen molar-refractivity contribution >= 4 is 27.5 Å². The van der Waals surface area contributed by atoms with Crippen LogP contribution in [0, 0.1) is 0 Å². The van der Waals surface area contributed by atoms with E-state index in [4.69, 9.17) is 4.74 Å². The van der Waals surface area contributed by atoms with Gasteiger partial charge < -0.3 is 4.74 Å². The fourth-order valence-corrected chi connectivity index (χ4v) is 4.58. The minimum absolute atomic E-state index is 0.0785. The smallest absolute Gasteiger partial charge is 0.332 e. The first kappa shape index (κ1) is 16.6. The van der Waals surface area contributed by atoms with Gasteiger partial charge in [0.25, 0.3) is 5.91 Å². The number of fused-ring (bicyclic) bond motifs is 1. The van der Waals surface area contributed by atoms with E-state index in [2.05, 4.69) is 0 Å². The summed E-state index contributed by atoms with van der Waals surface area (Å²) in [5, 5.41) is 0. The molecule has 0 spiro atoms. The third-order valence-electron chi connectivity index (χ3n) is 4.43. The summed E-state index contributed by atoms with van der Waals surface area (Å²) in [7, 11) is -3.33. The predicted molar refractivity (Wildman–Crippen MR) is 94.7 cm³/mol. The number of hydrogen-bond acceptors (Lipinski definition) is 5. The van der Waals surface area contributed by atoms with E-state index in [9.17, 15) is 18.0 Å². The third-order valence-corrected chi connectivity index (χ3v) is 5.96. The fraction of sp³-hybridized carbons (Fsp3) is 0.222. The zero-order chi connectivity index (χ0) is 18.3. The first-order valence-corrected chi connectivity index (χ1v) is 9.95. The van der Waals surface area contributed by atoms with Crippen LogP contribution in [0.5, 0.6) is 11.5 Å². The Morgan fingerprint density at radius 1 is 0.923 bits per heavy atom. The van der Waals surface area contributed by atoms with Gasteiger partial charge in [0.05, 0.1) is 11.4 Å². The number of ether oxygens (including phenoxy) is 1. The summed E-state index contributed by atoms with van der Waals surface area (Å²) in [5.41, 5.74) is 0.396. The Balaban J connectivity index is 1.56. The van der Waals surface area contributed by atoms with E-state index in [0.29, 0.717) is 17.2 Å². The molecule has 7 nitrogen and oxygen atoms in total. The second-order valence-electron chi connectivity index (χ2n) is 6.22. The van der Waals surface area contributed by atoms with Crippen LogP contribution in [0.2, 0.25) is 0 Å². The molecule has 2 aliphatic rings. The molecular weight excluding hydrogens is 356 g/mol. The Labute approximate surface area is 150 Å². The Morgan fingerprint density at radius 3 is 2.27 bits per heavy atom. The van der Waals surface area contributed by atoms with Crippen LogP contribution < -0.4 is 9.64 Å². The molecule has 2 heterocycles. The summed E-state index contributed by atoms with van der Waals surface area (Å²) in [6.45, 7) is 0. The maximum Gasteiger partial charge on any atom is 0.332 e. The summed E-state index contributed by atoms with van der Waals surface area (Å²) in [5.74, 6) is 0.371. The molecule has 2 aliphatic heterocycles. The van der Waals surface area contributed by atoms with Gasteiger partial charge in [0, 0.05) is 0 Å². The number of nitrogens with zero attached hydrogens (tertiary/aromatic N) is 2. The molecule has 8 heteroatoms. The number of para-hydroxylation sites is 1. The van der Waals surface area contributed by atoms with Crippen LogP contribution in [0.1, 0.15) is 6.42 Å². The number of hydrogen-bond donors (Lipinski definition) is 0.